The minimum atomic E-state index is -0.830. The van der Waals surface area contributed by atoms with E-state index in [0.29, 0.717) is 45.4 Å². The molecule has 1 aliphatic heterocycles. The van der Waals surface area contributed by atoms with Crippen molar-refractivity contribution in [1.82, 2.24) is 20.9 Å². The summed E-state index contributed by atoms with van der Waals surface area (Å²) in [5, 5.41) is 16.6. The Morgan fingerprint density at radius 2 is 1.60 bits per heavy atom. The van der Waals surface area contributed by atoms with Crippen molar-refractivity contribution in [3.8, 4) is 5.75 Å². The number of nitrogens with two attached hydrogens (primary N) is 1. The van der Waals surface area contributed by atoms with Crippen LogP contribution in [0.5, 0.6) is 5.75 Å². The highest BCUT2D eigenvalue weighted by atomic mass is 16.5. The third-order valence-corrected chi connectivity index (χ3v) is 6.81. The first-order valence-corrected chi connectivity index (χ1v) is 13.5. The molecule has 0 aromatic heterocycles. The Morgan fingerprint density at radius 1 is 0.975 bits per heavy atom. The fraction of sp³-hybridized carbons (Fsp3) is 0.448. The van der Waals surface area contributed by atoms with Crippen LogP contribution in [0.25, 0.3) is 0 Å². The number of piperidine rings is 1. The molecule has 0 spiro atoms. The van der Waals surface area contributed by atoms with Crippen molar-refractivity contribution in [2.75, 3.05) is 33.4 Å². The van der Waals surface area contributed by atoms with E-state index in [-0.39, 0.29) is 24.5 Å². The van der Waals surface area contributed by atoms with Crippen LogP contribution >= 0.6 is 0 Å². The quantitative estimate of drug-likeness (QED) is 0.140. The van der Waals surface area contributed by atoms with Crippen molar-refractivity contribution >= 4 is 23.7 Å². The topological polar surface area (TPSA) is 159 Å². The average molecular weight is 553 g/mol. The van der Waals surface area contributed by atoms with Crippen molar-refractivity contribution in [2.45, 2.75) is 50.7 Å². The minimum Gasteiger partial charge on any atom is -0.494 e. The zero-order valence-electron chi connectivity index (χ0n) is 23.2. The van der Waals surface area contributed by atoms with E-state index in [2.05, 4.69) is 16.0 Å². The third-order valence-electron chi connectivity index (χ3n) is 6.81. The molecule has 1 heterocycles. The Bertz CT molecular complexity index is 1120. The smallest absolute Gasteiger partial charge is 0.319 e. The lowest BCUT2D eigenvalue weighted by molar-refractivity contribution is -0.140. The van der Waals surface area contributed by atoms with Crippen LogP contribution in [0, 0.1) is 5.41 Å². The van der Waals surface area contributed by atoms with Crippen molar-refractivity contribution in [2.24, 2.45) is 5.73 Å². The van der Waals surface area contributed by atoms with E-state index in [4.69, 9.17) is 20.6 Å². The van der Waals surface area contributed by atoms with Gasteiger partial charge in [-0.15, -0.1) is 0 Å². The number of hydrogen-bond donors (Lipinski definition) is 5. The molecule has 1 aliphatic rings. The molecule has 216 valence electrons. The summed E-state index contributed by atoms with van der Waals surface area (Å²) in [6, 6.07) is 15.2. The second-order valence-electron chi connectivity index (χ2n) is 9.70. The van der Waals surface area contributed by atoms with E-state index < -0.39 is 24.0 Å². The van der Waals surface area contributed by atoms with Gasteiger partial charge in [0.25, 0.3) is 0 Å². The van der Waals surface area contributed by atoms with Crippen molar-refractivity contribution in [3.05, 3.63) is 65.7 Å². The van der Waals surface area contributed by atoms with Crippen LogP contribution in [0.3, 0.4) is 0 Å². The van der Waals surface area contributed by atoms with Crippen molar-refractivity contribution in [1.29, 1.82) is 5.41 Å². The molecular weight excluding hydrogens is 512 g/mol. The van der Waals surface area contributed by atoms with Gasteiger partial charge in [-0.05, 0) is 49.4 Å². The van der Waals surface area contributed by atoms with Gasteiger partial charge in [0.2, 0.25) is 11.8 Å². The van der Waals surface area contributed by atoms with E-state index in [9.17, 15) is 14.4 Å². The van der Waals surface area contributed by atoms with E-state index in [1.807, 2.05) is 61.5 Å². The maximum absolute atomic E-state index is 13.6. The fourth-order valence-electron chi connectivity index (χ4n) is 4.56. The van der Waals surface area contributed by atoms with Gasteiger partial charge in [0.15, 0.2) is 5.96 Å². The molecule has 0 radical (unpaired) electrons. The van der Waals surface area contributed by atoms with Gasteiger partial charge in [-0.1, -0.05) is 42.5 Å². The number of nitrogens with zero attached hydrogens (tertiary/aromatic N) is 1. The SMILES string of the molecule is CCOc1ccc(CC(NCC(=O)OC)C(=O)N[C@H](Cc2ccccc2)C(=O)NC2CCN(C(=N)N)CC2)cc1. The molecule has 11 heteroatoms. The van der Waals surface area contributed by atoms with Gasteiger partial charge in [-0.25, -0.2) is 0 Å². The number of nitrogens with one attached hydrogen (secondary N) is 4. The first kappa shape index (κ1) is 30.4. The highest BCUT2D eigenvalue weighted by Crippen LogP contribution is 2.15. The standard InChI is InChI=1S/C29H40N6O5/c1-3-40-23-11-9-21(10-12-23)17-24(32-19-26(36)39-2)27(37)34-25(18-20-7-5-4-6-8-20)28(38)33-22-13-15-35(16-14-22)29(30)31/h4-12,22,24-25,32H,3,13-19H2,1-2H3,(H3,30,31)(H,33,38)(H,34,37)/t24?,25-/m1/s1. The molecule has 0 saturated carbocycles. The molecule has 2 amide bonds. The summed E-state index contributed by atoms with van der Waals surface area (Å²) < 4.78 is 10.2. The molecule has 1 saturated heterocycles. The Morgan fingerprint density at radius 3 is 2.20 bits per heavy atom. The maximum atomic E-state index is 13.6. The Labute approximate surface area is 235 Å². The molecule has 6 N–H and O–H groups in total. The van der Waals surface area contributed by atoms with Gasteiger partial charge in [0.1, 0.15) is 11.8 Å². The van der Waals surface area contributed by atoms with Crippen LogP contribution in [0.4, 0.5) is 0 Å². The zero-order valence-corrected chi connectivity index (χ0v) is 23.2. The summed E-state index contributed by atoms with van der Waals surface area (Å²) >= 11 is 0. The first-order valence-electron chi connectivity index (χ1n) is 13.5. The molecule has 40 heavy (non-hydrogen) atoms. The largest absolute Gasteiger partial charge is 0.494 e. The minimum absolute atomic E-state index is 0.0250. The van der Waals surface area contributed by atoms with Gasteiger partial charge in [0.05, 0.1) is 26.3 Å². The normalized spacial score (nSPS) is 15.0. The summed E-state index contributed by atoms with van der Waals surface area (Å²) in [5.41, 5.74) is 7.36. The summed E-state index contributed by atoms with van der Waals surface area (Å²) in [4.78, 5) is 40.6. The lowest BCUT2D eigenvalue weighted by Gasteiger charge is -2.33. The number of hydrogen-bond acceptors (Lipinski definition) is 7. The number of rotatable bonds is 13. The van der Waals surface area contributed by atoms with Crippen molar-refractivity contribution < 1.29 is 23.9 Å². The summed E-state index contributed by atoms with van der Waals surface area (Å²) in [7, 11) is 1.28. The molecule has 3 rings (SSSR count). The van der Waals surface area contributed by atoms with Gasteiger partial charge >= 0.3 is 5.97 Å². The molecule has 0 aliphatic carbocycles. The monoisotopic (exact) mass is 552 g/mol. The third kappa shape index (κ3) is 9.57. The molecule has 2 atom stereocenters. The number of benzene rings is 2. The second kappa shape index (κ2) is 15.5. The number of amides is 2. The first-order chi connectivity index (χ1) is 19.3. The highest BCUT2D eigenvalue weighted by molar-refractivity contribution is 5.90. The van der Waals surface area contributed by atoms with Gasteiger partial charge in [-0.3, -0.25) is 25.1 Å². The average Bonchev–Trinajstić information content (AvgIpc) is 2.96. The van der Waals surface area contributed by atoms with Crippen LogP contribution < -0.4 is 26.4 Å². The highest BCUT2D eigenvalue weighted by Gasteiger charge is 2.29. The second-order valence-corrected chi connectivity index (χ2v) is 9.70. The molecule has 0 bridgehead atoms. The molecule has 2 aromatic rings. The van der Waals surface area contributed by atoms with Gasteiger partial charge in [0, 0.05) is 25.6 Å². The Balaban J connectivity index is 1.73. The number of esters is 1. The molecule has 1 unspecified atom stereocenters. The number of guanidine groups is 1. The van der Waals surface area contributed by atoms with Gasteiger partial charge in [-0.2, -0.15) is 0 Å². The molecule has 1 fully saturated rings. The van der Waals surface area contributed by atoms with Crippen LogP contribution in [0.15, 0.2) is 54.6 Å². The zero-order chi connectivity index (χ0) is 28.9. The number of methoxy groups -OCH3 is 1. The number of ether oxygens (including phenoxy) is 2. The van der Waals surface area contributed by atoms with Crippen LogP contribution in [0.1, 0.15) is 30.9 Å². The summed E-state index contributed by atoms with van der Waals surface area (Å²) in [6.45, 7) is 3.46. The number of carbonyl (C=O) groups is 3. The van der Waals surface area contributed by atoms with Crippen LogP contribution in [0.2, 0.25) is 0 Å². The summed E-state index contributed by atoms with van der Waals surface area (Å²) in [5.74, 6) is -0.438. The van der Waals surface area contributed by atoms with Gasteiger partial charge < -0.3 is 30.7 Å². The number of carbonyl (C=O) groups excluding carboxylic acids is 3. The fourth-order valence-corrected chi connectivity index (χ4v) is 4.56. The van der Waals surface area contributed by atoms with Crippen LogP contribution in [-0.4, -0.2) is 80.1 Å². The predicted molar refractivity (Wildman–Crippen MR) is 152 cm³/mol. The lowest BCUT2D eigenvalue weighted by Crippen LogP contribution is -2.57. The number of likely N-dealkylation sites (tertiary alicyclic amines) is 1. The maximum Gasteiger partial charge on any atom is 0.319 e. The van der Waals surface area contributed by atoms with E-state index in [1.54, 1.807) is 4.90 Å². The molecule has 2 aromatic carbocycles. The van der Waals surface area contributed by atoms with Crippen molar-refractivity contribution in [3.63, 3.8) is 0 Å². The van der Waals surface area contributed by atoms with E-state index in [0.717, 1.165) is 16.9 Å². The lowest BCUT2D eigenvalue weighted by atomic mass is 10.0. The van der Waals surface area contributed by atoms with E-state index in [1.165, 1.54) is 7.11 Å². The predicted octanol–water partition coefficient (Wildman–Crippen LogP) is 0.961. The molecule has 11 nitrogen and oxygen atoms in total. The van der Waals surface area contributed by atoms with Crippen LogP contribution in [-0.2, 0) is 32.0 Å². The Hall–Kier alpha value is -4.12. The summed E-state index contributed by atoms with van der Waals surface area (Å²) in [6.07, 6.45) is 1.90. The Kier molecular flexibility index (Phi) is 11.8. The molecular formula is C29H40N6O5. The van der Waals surface area contributed by atoms with E-state index >= 15 is 0 Å².